The molecular weight excluding hydrogens is 454 g/mol. The van der Waals surface area contributed by atoms with E-state index in [-0.39, 0.29) is 30.5 Å². The van der Waals surface area contributed by atoms with Gasteiger partial charge in [0.1, 0.15) is 16.5 Å². The number of rotatable bonds is 7. The zero-order valence-electron chi connectivity index (χ0n) is 16.0. The highest BCUT2D eigenvalue weighted by Gasteiger charge is 2.29. The molecule has 2 N–H and O–H groups in total. The largest absolute Gasteiger partial charge is 0.341 e. The van der Waals surface area contributed by atoms with Crippen LogP contribution in [-0.2, 0) is 14.8 Å². The minimum absolute atomic E-state index is 0.0343. The zero-order chi connectivity index (χ0) is 21.9. The van der Waals surface area contributed by atoms with E-state index in [1.54, 1.807) is 17.0 Å². The van der Waals surface area contributed by atoms with E-state index in [4.69, 9.17) is 23.2 Å². The normalized spacial score (nSPS) is 14.6. The molecule has 0 unspecified atom stereocenters. The Labute approximate surface area is 183 Å². The van der Waals surface area contributed by atoms with Crippen molar-refractivity contribution >= 4 is 56.3 Å². The fraction of sp³-hybridized carbons (Fsp3) is 0.263. The molecule has 1 aliphatic rings. The monoisotopic (exact) mass is 472 g/mol. The molecule has 2 aromatic rings. The quantitative estimate of drug-likeness (QED) is 0.635. The fourth-order valence-electron chi connectivity index (χ4n) is 3.03. The van der Waals surface area contributed by atoms with Crippen LogP contribution in [0, 0.1) is 5.82 Å². The lowest BCUT2D eigenvalue weighted by Gasteiger charge is -2.25. The molecule has 2 aromatic carbocycles. The minimum Gasteiger partial charge on any atom is -0.341 e. The van der Waals surface area contributed by atoms with Crippen LogP contribution in [-0.4, -0.2) is 44.7 Å². The number of benzene rings is 2. The Hall–Kier alpha value is -2.20. The van der Waals surface area contributed by atoms with Gasteiger partial charge in [-0.1, -0.05) is 36.2 Å². The molecule has 3 rings (SSSR count). The predicted molar refractivity (Wildman–Crippen MR) is 116 cm³/mol. The lowest BCUT2D eigenvalue weighted by Crippen LogP contribution is -2.40. The molecule has 0 bridgehead atoms. The maximum Gasteiger partial charge on any atom is 0.289 e. The lowest BCUT2D eigenvalue weighted by molar-refractivity contribution is -0.117. The molecule has 160 valence electrons. The number of hydrogen-bond acceptors (Lipinski definition) is 5. The van der Waals surface area contributed by atoms with Gasteiger partial charge in [-0.25, -0.2) is 4.39 Å². The average Bonchev–Trinajstić information content (AvgIpc) is 2.64. The van der Waals surface area contributed by atoms with Crippen LogP contribution in [0.4, 0.5) is 15.8 Å². The summed E-state index contributed by atoms with van der Waals surface area (Å²) in [5.74, 6) is -1.11. The van der Waals surface area contributed by atoms with Gasteiger partial charge in [0.25, 0.3) is 10.0 Å². The molecule has 0 spiro atoms. The molecule has 0 aliphatic carbocycles. The van der Waals surface area contributed by atoms with Crippen LogP contribution in [0.25, 0.3) is 0 Å². The van der Waals surface area contributed by atoms with Crippen molar-refractivity contribution in [3.63, 3.8) is 0 Å². The lowest BCUT2D eigenvalue weighted by atomic mass is 10.3. The highest BCUT2D eigenvalue weighted by atomic mass is 35.5. The molecule has 0 saturated heterocycles. The van der Waals surface area contributed by atoms with Crippen molar-refractivity contribution in [2.45, 2.75) is 18.2 Å². The highest BCUT2D eigenvalue weighted by Crippen LogP contribution is 2.29. The van der Waals surface area contributed by atoms with Crippen molar-refractivity contribution in [2.75, 3.05) is 30.3 Å². The van der Waals surface area contributed by atoms with Gasteiger partial charge in [0.05, 0.1) is 29.5 Å². The van der Waals surface area contributed by atoms with Gasteiger partial charge in [-0.05, 0) is 43.3 Å². The van der Waals surface area contributed by atoms with E-state index in [1.807, 2.05) is 6.92 Å². The molecule has 11 heteroatoms. The van der Waals surface area contributed by atoms with Crippen LogP contribution in [0.5, 0.6) is 0 Å². The van der Waals surface area contributed by atoms with Crippen molar-refractivity contribution in [3.8, 4) is 0 Å². The topological polar surface area (TPSA) is 90.9 Å². The van der Waals surface area contributed by atoms with E-state index in [2.05, 4.69) is 15.0 Å². The molecule has 1 heterocycles. The van der Waals surface area contributed by atoms with Crippen molar-refractivity contribution in [1.29, 1.82) is 0 Å². The third kappa shape index (κ3) is 5.28. The van der Waals surface area contributed by atoms with E-state index in [0.717, 1.165) is 12.5 Å². The Kier molecular flexibility index (Phi) is 6.97. The van der Waals surface area contributed by atoms with E-state index in [1.165, 1.54) is 18.2 Å². The van der Waals surface area contributed by atoms with Crippen molar-refractivity contribution in [2.24, 2.45) is 4.40 Å². The molecule has 7 nitrogen and oxygen atoms in total. The summed E-state index contributed by atoms with van der Waals surface area (Å²) in [6, 6.07) is 8.65. The standard InChI is InChI=1S/C19H19Cl2FN4O3S/c1-2-8-26(11-18(27)24-16-9-12(20)6-7-13(16)21)10-17-23-15-5-3-4-14(22)19(15)30(28,29)25-17/h3-7,9H,2,8,10-11H2,1H3,(H,23,25)(H,24,27). The second-order valence-electron chi connectivity index (χ2n) is 6.64. The van der Waals surface area contributed by atoms with Gasteiger partial charge in [-0.3, -0.25) is 9.69 Å². The molecule has 0 radical (unpaired) electrons. The maximum absolute atomic E-state index is 13.9. The Balaban J connectivity index is 1.74. The van der Waals surface area contributed by atoms with Crippen LogP contribution in [0.3, 0.4) is 0 Å². The van der Waals surface area contributed by atoms with E-state index in [9.17, 15) is 17.6 Å². The molecular formula is C19H19Cl2FN4O3S. The maximum atomic E-state index is 13.9. The number of nitrogens with zero attached hydrogens (tertiary/aromatic N) is 2. The second-order valence-corrected chi connectivity index (χ2v) is 9.02. The summed E-state index contributed by atoms with van der Waals surface area (Å²) in [5, 5.41) is 6.31. The summed E-state index contributed by atoms with van der Waals surface area (Å²) < 4.78 is 42.4. The van der Waals surface area contributed by atoms with Crippen molar-refractivity contribution < 1.29 is 17.6 Å². The van der Waals surface area contributed by atoms with E-state index in [0.29, 0.717) is 22.3 Å². The Morgan fingerprint density at radius 2 is 2.03 bits per heavy atom. The first kappa shape index (κ1) is 22.5. The van der Waals surface area contributed by atoms with Crippen molar-refractivity contribution in [3.05, 3.63) is 52.3 Å². The van der Waals surface area contributed by atoms with Crippen molar-refractivity contribution in [1.82, 2.24) is 4.90 Å². The van der Waals surface area contributed by atoms with Crippen LogP contribution in [0.2, 0.25) is 10.0 Å². The third-order valence-corrected chi connectivity index (χ3v) is 6.17. The number of amidine groups is 1. The number of halogens is 3. The number of carbonyl (C=O) groups is 1. The number of amides is 1. The molecule has 1 amide bonds. The number of nitrogens with one attached hydrogen (secondary N) is 2. The summed E-state index contributed by atoms with van der Waals surface area (Å²) in [5.41, 5.74) is 0.498. The van der Waals surface area contributed by atoms with Gasteiger partial charge in [0, 0.05) is 5.02 Å². The summed E-state index contributed by atoms with van der Waals surface area (Å²) in [6.45, 7) is 2.46. The summed E-state index contributed by atoms with van der Waals surface area (Å²) in [7, 11) is -4.18. The Bertz CT molecular complexity index is 1110. The SMILES string of the molecule is CCCN(CC(=O)Nc1cc(Cl)ccc1Cl)CC1=NS(=O)(=O)c2c(F)cccc2N1. The first-order valence-corrected chi connectivity index (χ1v) is 11.3. The van der Waals surface area contributed by atoms with E-state index < -0.39 is 20.7 Å². The van der Waals surface area contributed by atoms with Gasteiger partial charge in [-0.15, -0.1) is 4.40 Å². The number of sulfonamides is 1. The van der Waals surface area contributed by atoms with E-state index >= 15 is 0 Å². The number of anilines is 2. The van der Waals surface area contributed by atoms with Crippen LogP contribution in [0.15, 0.2) is 45.7 Å². The average molecular weight is 473 g/mol. The number of carbonyl (C=O) groups excluding carboxylic acids is 1. The molecule has 0 saturated carbocycles. The smallest absolute Gasteiger partial charge is 0.289 e. The number of hydrogen-bond donors (Lipinski definition) is 2. The zero-order valence-corrected chi connectivity index (χ0v) is 18.3. The molecule has 30 heavy (non-hydrogen) atoms. The molecule has 0 atom stereocenters. The summed E-state index contributed by atoms with van der Waals surface area (Å²) >= 11 is 12.0. The molecule has 1 aliphatic heterocycles. The highest BCUT2D eigenvalue weighted by molar-refractivity contribution is 7.90. The van der Waals surface area contributed by atoms with Gasteiger partial charge in [-0.2, -0.15) is 8.42 Å². The molecule has 0 fully saturated rings. The summed E-state index contributed by atoms with van der Waals surface area (Å²) in [6.07, 6.45) is 0.719. The van der Waals surface area contributed by atoms with Gasteiger partial charge in [0.2, 0.25) is 5.91 Å². The number of fused-ring (bicyclic) bond motifs is 1. The fourth-order valence-corrected chi connectivity index (χ4v) is 4.57. The third-order valence-electron chi connectivity index (χ3n) is 4.22. The van der Waals surface area contributed by atoms with Gasteiger partial charge in [0.15, 0.2) is 0 Å². The predicted octanol–water partition coefficient (Wildman–Crippen LogP) is 4.00. The minimum atomic E-state index is -4.18. The van der Waals surface area contributed by atoms with Crippen LogP contribution >= 0.6 is 23.2 Å². The van der Waals surface area contributed by atoms with Crippen LogP contribution < -0.4 is 10.6 Å². The second kappa shape index (κ2) is 9.30. The van der Waals surface area contributed by atoms with Gasteiger partial charge < -0.3 is 10.6 Å². The molecule has 0 aromatic heterocycles. The summed E-state index contributed by atoms with van der Waals surface area (Å²) in [4.78, 5) is 13.7. The van der Waals surface area contributed by atoms with Crippen LogP contribution in [0.1, 0.15) is 13.3 Å². The van der Waals surface area contributed by atoms with Gasteiger partial charge >= 0.3 is 0 Å². The Morgan fingerprint density at radius 3 is 2.77 bits per heavy atom. The Morgan fingerprint density at radius 1 is 1.27 bits per heavy atom. The first-order chi connectivity index (χ1) is 14.2. The first-order valence-electron chi connectivity index (χ1n) is 9.06.